The summed E-state index contributed by atoms with van der Waals surface area (Å²) in [6.45, 7) is 5.32. The first-order chi connectivity index (χ1) is 4.61. The van der Waals surface area contributed by atoms with E-state index in [4.69, 9.17) is 5.41 Å². The Balaban J connectivity index is 2.54. The zero-order chi connectivity index (χ0) is 7.72. The van der Waals surface area contributed by atoms with E-state index >= 15 is 0 Å². The first kappa shape index (κ1) is 7.73. The number of likely N-dealkylation sites (tertiary alicyclic amines) is 1. The quantitative estimate of drug-likeness (QED) is 0.585. The van der Waals surface area contributed by atoms with Crippen molar-refractivity contribution in [2.24, 2.45) is 5.92 Å². The summed E-state index contributed by atoms with van der Waals surface area (Å²) in [4.78, 5) is 2.27. The van der Waals surface area contributed by atoms with Crippen LogP contribution in [-0.4, -0.2) is 30.2 Å². The topological polar surface area (TPSA) is 27.1 Å². The third-order valence-corrected chi connectivity index (χ3v) is 2.23. The van der Waals surface area contributed by atoms with Crippen molar-refractivity contribution in [3.63, 3.8) is 0 Å². The lowest BCUT2D eigenvalue weighted by Crippen LogP contribution is -2.29. The normalized spacial score (nSPS) is 28.4. The van der Waals surface area contributed by atoms with Crippen LogP contribution in [0.4, 0.5) is 0 Å². The Hall–Kier alpha value is -0.370. The Labute approximate surface area is 62.7 Å². The fourth-order valence-electron chi connectivity index (χ4n) is 1.64. The average Bonchev–Trinajstić information content (AvgIpc) is 2.10. The fourth-order valence-corrected chi connectivity index (χ4v) is 1.64. The molecule has 1 aliphatic rings. The predicted molar refractivity (Wildman–Crippen MR) is 43.6 cm³/mol. The molecule has 1 N–H and O–H groups in total. The van der Waals surface area contributed by atoms with Crippen molar-refractivity contribution in [3.05, 3.63) is 0 Å². The maximum atomic E-state index is 7.46. The van der Waals surface area contributed by atoms with E-state index in [1.54, 1.807) is 0 Å². The van der Waals surface area contributed by atoms with Crippen molar-refractivity contribution >= 4 is 5.71 Å². The van der Waals surface area contributed by atoms with Gasteiger partial charge in [0.2, 0.25) is 0 Å². The molecule has 0 aliphatic carbocycles. The number of hydrogen-bond acceptors (Lipinski definition) is 2. The van der Waals surface area contributed by atoms with E-state index in [0.29, 0.717) is 12.0 Å². The summed E-state index contributed by atoms with van der Waals surface area (Å²) < 4.78 is 0. The third kappa shape index (κ3) is 1.37. The third-order valence-electron chi connectivity index (χ3n) is 2.23. The standard InChI is InChI=1S/C8H16N2/c1-6(2)8-4-7(9)5-10(8)3/h6,8-9H,4-5H2,1-3H3. The van der Waals surface area contributed by atoms with Crippen molar-refractivity contribution in [3.8, 4) is 0 Å². The first-order valence-corrected chi connectivity index (χ1v) is 3.88. The predicted octanol–water partition coefficient (Wildman–Crippen LogP) is 1.37. The zero-order valence-electron chi connectivity index (χ0n) is 7.02. The van der Waals surface area contributed by atoms with Gasteiger partial charge in [-0.2, -0.15) is 0 Å². The maximum Gasteiger partial charge on any atom is 0.0361 e. The van der Waals surface area contributed by atoms with E-state index in [0.717, 1.165) is 18.7 Å². The van der Waals surface area contributed by atoms with Gasteiger partial charge >= 0.3 is 0 Å². The molecule has 10 heavy (non-hydrogen) atoms. The number of rotatable bonds is 1. The molecule has 0 amide bonds. The number of hydrogen-bond donors (Lipinski definition) is 1. The van der Waals surface area contributed by atoms with Gasteiger partial charge in [0.15, 0.2) is 0 Å². The summed E-state index contributed by atoms with van der Waals surface area (Å²) >= 11 is 0. The molecule has 0 bridgehead atoms. The van der Waals surface area contributed by atoms with Crippen LogP contribution in [0.15, 0.2) is 0 Å². The van der Waals surface area contributed by atoms with Gasteiger partial charge in [0, 0.05) is 24.7 Å². The molecule has 0 radical (unpaired) electrons. The van der Waals surface area contributed by atoms with E-state index in [1.165, 1.54) is 0 Å². The summed E-state index contributed by atoms with van der Waals surface area (Å²) in [7, 11) is 2.10. The van der Waals surface area contributed by atoms with Crippen LogP contribution in [0.3, 0.4) is 0 Å². The molecule has 0 aromatic heterocycles. The number of nitrogens with zero attached hydrogens (tertiary/aromatic N) is 1. The van der Waals surface area contributed by atoms with E-state index in [9.17, 15) is 0 Å². The smallest absolute Gasteiger partial charge is 0.0361 e. The molecular weight excluding hydrogens is 124 g/mol. The summed E-state index contributed by atoms with van der Waals surface area (Å²) in [5, 5.41) is 7.46. The van der Waals surface area contributed by atoms with Crippen LogP contribution in [0.1, 0.15) is 20.3 Å². The summed E-state index contributed by atoms with van der Waals surface area (Å²) in [6.07, 6.45) is 0.980. The van der Waals surface area contributed by atoms with Gasteiger partial charge in [0.05, 0.1) is 0 Å². The van der Waals surface area contributed by atoms with E-state index in [1.807, 2.05) is 0 Å². The van der Waals surface area contributed by atoms with Crippen LogP contribution in [0.25, 0.3) is 0 Å². The van der Waals surface area contributed by atoms with Crippen molar-refractivity contribution < 1.29 is 0 Å². The van der Waals surface area contributed by atoms with Gasteiger partial charge in [-0.05, 0) is 13.0 Å². The molecular formula is C8H16N2. The lowest BCUT2D eigenvalue weighted by molar-refractivity contribution is 0.251. The fraction of sp³-hybridized carbons (Fsp3) is 0.875. The summed E-state index contributed by atoms with van der Waals surface area (Å²) in [6, 6.07) is 0.618. The van der Waals surface area contributed by atoms with E-state index < -0.39 is 0 Å². The second kappa shape index (κ2) is 2.70. The van der Waals surface area contributed by atoms with Gasteiger partial charge in [-0.15, -0.1) is 0 Å². The highest BCUT2D eigenvalue weighted by Gasteiger charge is 2.26. The molecule has 2 heteroatoms. The van der Waals surface area contributed by atoms with Gasteiger partial charge in [-0.25, -0.2) is 0 Å². The van der Waals surface area contributed by atoms with Crippen molar-refractivity contribution in [2.45, 2.75) is 26.3 Å². The largest absolute Gasteiger partial charge is 0.308 e. The number of nitrogens with one attached hydrogen (secondary N) is 1. The molecule has 1 atom stereocenters. The van der Waals surface area contributed by atoms with Crippen LogP contribution >= 0.6 is 0 Å². The Morgan fingerprint density at radius 1 is 1.60 bits per heavy atom. The Kier molecular flexibility index (Phi) is 2.09. The minimum absolute atomic E-state index is 0.618. The molecule has 1 unspecified atom stereocenters. The Bertz CT molecular complexity index is 140. The lowest BCUT2D eigenvalue weighted by Gasteiger charge is -2.21. The summed E-state index contributed by atoms with van der Waals surface area (Å²) in [5.41, 5.74) is 0.890. The van der Waals surface area contributed by atoms with Crippen LogP contribution in [0.2, 0.25) is 0 Å². The van der Waals surface area contributed by atoms with Crippen LogP contribution in [0.5, 0.6) is 0 Å². The molecule has 1 fully saturated rings. The molecule has 58 valence electrons. The molecule has 0 aromatic rings. The second-order valence-corrected chi connectivity index (χ2v) is 3.53. The zero-order valence-corrected chi connectivity index (χ0v) is 7.02. The van der Waals surface area contributed by atoms with Crippen LogP contribution in [0, 0.1) is 11.3 Å². The van der Waals surface area contributed by atoms with Gasteiger partial charge in [0.25, 0.3) is 0 Å². The molecule has 1 rings (SSSR count). The highest BCUT2D eigenvalue weighted by molar-refractivity contribution is 5.85. The molecule has 0 spiro atoms. The monoisotopic (exact) mass is 140 g/mol. The lowest BCUT2D eigenvalue weighted by atomic mass is 10.0. The van der Waals surface area contributed by atoms with Crippen LogP contribution in [-0.2, 0) is 0 Å². The van der Waals surface area contributed by atoms with Gasteiger partial charge in [-0.3, -0.25) is 4.90 Å². The maximum absolute atomic E-state index is 7.46. The highest BCUT2D eigenvalue weighted by Crippen LogP contribution is 2.19. The molecule has 0 aromatic carbocycles. The van der Waals surface area contributed by atoms with Gasteiger partial charge in [0.1, 0.15) is 0 Å². The average molecular weight is 140 g/mol. The van der Waals surface area contributed by atoms with E-state index in [-0.39, 0.29) is 0 Å². The minimum Gasteiger partial charge on any atom is -0.308 e. The second-order valence-electron chi connectivity index (χ2n) is 3.53. The minimum atomic E-state index is 0.618. The van der Waals surface area contributed by atoms with Crippen molar-refractivity contribution in [1.82, 2.24) is 4.90 Å². The molecule has 1 heterocycles. The molecule has 1 aliphatic heterocycles. The molecule has 2 nitrogen and oxygen atoms in total. The summed E-state index contributed by atoms with van der Waals surface area (Å²) in [5.74, 6) is 0.688. The molecule has 1 saturated heterocycles. The Morgan fingerprint density at radius 3 is 2.40 bits per heavy atom. The van der Waals surface area contributed by atoms with E-state index in [2.05, 4.69) is 25.8 Å². The van der Waals surface area contributed by atoms with Crippen LogP contribution < -0.4 is 0 Å². The van der Waals surface area contributed by atoms with Crippen molar-refractivity contribution in [1.29, 1.82) is 5.41 Å². The van der Waals surface area contributed by atoms with Gasteiger partial charge in [-0.1, -0.05) is 13.8 Å². The first-order valence-electron chi connectivity index (χ1n) is 3.88. The Morgan fingerprint density at radius 2 is 2.20 bits per heavy atom. The molecule has 0 saturated carbocycles. The SMILES string of the molecule is CC(C)C1CC(=N)CN1C. The highest BCUT2D eigenvalue weighted by atomic mass is 15.2. The van der Waals surface area contributed by atoms with Crippen molar-refractivity contribution in [2.75, 3.05) is 13.6 Å². The van der Waals surface area contributed by atoms with Gasteiger partial charge < -0.3 is 5.41 Å².